The molecule has 2 heterocycles. The first-order chi connectivity index (χ1) is 4.47. The molecule has 2 rings (SSSR count). The Hall–Kier alpha value is -0.630. The average molecular weight is 135 g/mol. The summed E-state index contributed by atoms with van der Waals surface area (Å²) in [5, 5.41) is 2.07. The van der Waals surface area contributed by atoms with Gasteiger partial charge in [0.2, 0.25) is 0 Å². The van der Waals surface area contributed by atoms with Gasteiger partial charge < -0.3 is 4.90 Å². The third-order valence-electron chi connectivity index (χ3n) is 1.22. The van der Waals surface area contributed by atoms with Crippen molar-refractivity contribution in [2.24, 2.45) is 0 Å². The number of hydrogen-bond acceptors (Lipinski definition) is 2. The smallest absolute Gasteiger partial charge is 0.168 e. The van der Waals surface area contributed by atoms with Gasteiger partial charge in [-0.3, -0.25) is 0 Å². The molecule has 2 heteroatoms. The van der Waals surface area contributed by atoms with Crippen molar-refractivity contribution in [2.45, 2.75) is 0 Å². The molecule has 0 spiro atoms. The van der Waals surface area contributed by atoms with Gasteiger partial charge in [0.05, 0.1) is 0 Å². The number of nitrogens with zero attached hydrogens (tertiary/aromatic N) is 1. The van der Waals surface area contributed by atoms with Gasteiger partial charge in [0, 0.05) is 11.9 Å². The van der Waals surface area contributed by atoms with E-state index in [-0.39, 0.29) is 0 Å². The lowest BCUT2D eigenvalue weighted by Crippen LogP contribution is -2.06. The minimum atomic E-state index is 1.21. The van der Waals surface area contributed by atoms with Crippen LogP contribution in [0.15, 0.2) is 35.5 Å². The molecule has 0 N–H and O–H groups in total. The molecule has 0 fully saturated rings. The van der Waals surface area contributed by atoms with Crippen LogP contribution in [-0.2, 0) is 0 Å². The molecule has 0 bridgehead atoms. The van der Waals surface area contributed by atoms with Crippen LogP contribution in [0.4, 0.5) is 0 Å². The second kappa shape index (κ2) is 1.95. The molecule has 2 aliphatic rings. The molecule has 0 aromatic rings. The average Bonchev–Trinajstić information content (AvgIpc) is 2.33. The maximum absolute atomic E-state index is 3.08. The van der Waals surface area contributed by atoms with Gasteiger partial charge in [0.25, 0.3) is 0 Å². The van der Waals surface area contributed by atoms with Gasteiger partial charge in [-0.05, 0) is 17.6 Å². The second-order valence-electron chi connectivity index (χ2n) is 1.82. The molecule has 0 aromatic carbocycles. The first-order valence-electron chi connectivity index (χ1n) is 2.72. The van der Waals surface area contributed by atoms with Crippen molar-refractivity contribution in [1.82, 2.24) is 4.90 Å². The Balaban J connectivity index is 2.33. The Labute approximate surface area is 58.7 Å². The van der Waals surface area contributed by atoms with Crippen molar-refractivity contribution in [2.75, 3.05) is 0 Å². The van der Waals surface area contributed by atoms with Crippen LogP contribution < -0.4 is 0 Å². The van der Waals surface area contributed by atoms with Gasteiger partial charge in [-0.2, -0.15) is 0 Å². The van der Waals surface area contributed by atoms with Crippen LogP contribution in [0, 0.1) is 5.88 Å². The lowest BCUT2D eigenvalue weighted by atomic mass is 10.3. The molecule has 0 saturated carbocycles. The zero-order valence-electron chi connectivity index (χ0n) is 4.74. The van der Waals surface area contributed by atoms with E-state index in [0.717, 1.165) is 0 Å². The predicted octanol–water partition coefficient (Wildman–Crippen LogP) is 1.96. The second-order valence-corrected chi connectivity index (χ2v) is 2.48. The maximum Gasteiger partial charge on any atom is 0.168 e. The highest BCUT2D eigenvalue weighted by molar-refractivity contribution is 8.04. The normalized spacial score (nSPS) is 22.2. The summed E-state index contributed by atoms with van der Waals surface area (Å²) in [6.07, 6.45) is 8.07. The third kappa shape index (κ3) is 0.793. The number of rotatable bonds is 0. The van der Waals surface area contributed by atoms with Crippen LogP contribution in [0.3, 0.4) is 0 Å². The van der Waals surface area contributed by atoms with Crippen molar-refractivity contribution in [1.29, 1.82) is 0 Å². The van der Waals surface area contributed by atoms with E-state index in [4.69, 9.17) is 0 Å². The summed E-state index contributed by atoms with van der Waals surface area (Å²) in [5.41, 5.74) is 1.21. The van der Waals surface area contributed by atoms with Gasteiger partial charge in [-0.15, -0.1) is 0 Å². The van der Waals surface area contributed by atoms with Crippen molar-refractivity contribution in [3.05, 3.63) is 41.4 Å². The molecule has 0 saturated heterocycles. The quantitative estimate of drug-likeness (QED) is 0.499. The van der Waals surface area contributed by atoms with E-state index >= 15 is 0 Å². The van der Waals surface area contributed by atoms with E-state index in [1.807, 2.05) is 23.3 Å². The van der Waals surface area contributed by atoms with Crippen LogP contribution in [0.1, 0.15) is 0 Å². The van der Waals surface area contributed by atoms with Crippen LogP contribution in [0.2, 0.25) is 0 Å². The lowest BCUT2D eigenvalue weighted by Gasteiger charge is -2.13. The predicted molar refractivity (Wildman–Crippen MR) is 39.0 cm³/mol. The monoisotopic (exact) mass is 135 g/mol. The zero-order chi connectivity index (χ0) is 6.10. The summed E-state index contributed by atoms with van der Waals surface area (Å²) < 4.78 is 0. The van der Waals surface area contributed by atoms with Crippen molar-refractivity contribution < 1.29 is 0 Å². The van der Waals surface area contributed by atoms with Crippen molar-refractivity contribution >= 4 is 11.8 Å². The Morgan fingerprint density at radius 2 is 2.44 bits per heavy atom. The molecule has 1 nitrogen and oxygen atoms in total. The van der Waals surface area contributed by atoms with E-state index in [9.17, 15) is 0 Å². The van der Waals surface area contributed by atoms with E-state index < -0.39 is 0 Å². The summed E-state index contributed by atoms with van der Waals surface area (Å²) in [6, 6.07) is 0. The highest BCUT2D eigenvalue weighted by Gasteiger charge is 2.12. The summed E-state index contributed by atoms with van der Waals surface area (Å²) >= 11 is 1.59. The largest absolute Gasteiger partial charge is 0.326 e. The molecule has 0 atom stereocenters. The first-order valence-corrected chi connectivity index (χ1v) is 3.60. The summed E-state index contributed by atoms with van der Waals surface area (Å²) in [7, 11) is 0. The van der Waals surface area contributed by atoms with Gasteiger partial charge in [-0.1, -0.05) is 17.8 Å². The molecule has 44 valence electrons. The van der Waals surface area contributed by atoms with Crippen LogP contribution in [-0.4, -0.2) is 4.90 Å². The molecule has 9 heavy (non-hydrogen) atoms. The fraction of sp³-hybridized carbons (Fsp3) is 0. The Morgan fingerprint density at radius 3 is 3.33 bits per heavy atom. The van der Waals surface area contributed by atoms with Crippen molar-refractivity contribution in [3.8, 4) is 0 Å². The summed E-state index contributed by atoms with van der Waals surface area (Å²) in [6.45, 7) is 0. The minimum absolute atomic E-state index is 1.21. The van der Waals surface area contributed by atoms with Gasteiger partial charge in [-0.25, -0.2) is 0 Å². The van der Waals surface area contributed by atoms with Gasteiger partial charge >= 0.3 is 0 Å². The first kappa shape index (κ1) is 5.18. The molecule has 2 aliphatic heterocycles. The Kier molecular flexibility index (Phi) is 1.12. The molecular formula is C7H5NS. The van der Waals surface area contributed by atoms with E-state index in [0.29, 0.717) is 0 Å². The van der Waals surface area contributed by atoms with Crippen LogP contribution >= 0.6 is 11.8 Å². The fourth-order valence-corrected chi connectivity index (χ4v) is 1.42. The SMILES string of the molecule is [C]1SC=C2C=CC=CN12. The number of thioether (sulfide) groups is 1. The number of allylic oxidation sites excluding steroid dienone is 3. The molecule has 0 amide bonds. The van der Waals surface area contributed by atoms with Gasteiger partial charge in [0.1, 0.15) is 0 Å². The summed E-state index contributed by atoms with van der Waals surface area (Å²) in [5.74, 6) is 3.08. The Morgan fingerprint density at radius 1 is 1.44 bits per heavy atom. The minimum Gasteiger partial charge on any atom is -0.326 e. The van der Waals surface area contributed by atoms with Crippen molar-refractivity contribution in [3.63, 3.8) is 0 Å². The number of fused-ring (bicyclic) bond motifs is 1. The van der Waals surface area contributed by atoms with E-state index in [2.05, 4.69) is 17.4 Å². The van der Waals surface area contributed by atoms with E-state index in [1.54, 1.807) is 11.8 Å². The molecule has 0 unspecified atom stereocenters. The molecule has 0 aromatic heterocycles. The fourth-order valence-electron chi connectivity index (χ4n) is 0.779. The maximum atomic E-state index is 3.08. The van der Waals surface area contributed by atoms with Crippen LogP contribution in [0.25, 0.3) is 0 Å². The number of hydrogen-bond donors (Lipinski definition) is 0. The highest BCUT2D eigenvalue weighted by atomic mass is 32.2. The molecule has 2 radical (unpaired) electrons. The molecule has 0 aliphatic carbocycles. The lowest BCUT2D eigenvalue weighted by molar-refractivity contribution is 0.634. The zero-order valence-corrected chi connectivity index (χ0v) is 5.56. The van der Waals surface area contributed by atoms with Gasteiger partial charge in [0.15, 0.2) is 5.88 Å². The third-order valence-corrected chi connectivity index (χ3v) is 1.88. The van der Waals surface area contributed by atoms with E-state index in [1.165, 1.54) is 5.70 Å². The Bertz CT molecular complexity index is 200. The van der Waals surface area contributed by atoms with Crippen LogP contribution in [0.5, 0.6) is 0 Å². The standard InChI is InChI=1S/C7H5NS/c1-2-4-8-6-9-5-7(8)3-1/h1-5H. The highest BCUT2D eigenvalue weighted by Crippen LogP contribution is 2.29. The topological polar surface area (TPSA) is 3.24 Å². The summed E-state index contributed by atoms with van der Waals surface area (Å²) in [4.78, 5) is 1.98. The molecular weight excluding hydrogens is 130 g/mol.